The van der Waals surface area contributed by atoms with E-state index in [1.54, 1.807) is 7.11 Å². The maximum atomic E-state index is 5.98. The predicted octanol–water partition coefficient (Wildman–Crippen LogP) is 5.05. The maximum absolute atomic E-state index is 5.98. The lowest BCUT2D eigenvalue weighted by atomic mass is 10.1. The van der Waals surface area contributed by atoms with Gasteiger partial charge in [-0.05, 0) is 56.6 Å². The Morgan fingerprint density at radius 3 is 2.75 bits per heavy atom. The molecule has 1 fully saturated rings. The molecule has 1 saturated heterocycles. The summed E-state index contributed by atoms with van der Waals surface area (Å²) in [5.74, 6) is 3.07. The zero-order chi connectivity index (χ0) is 19.3. The second kappa shape index (κ2) is 8.59. The lowest BCUT2D eigenvalue weighted by molar-refractivity contribution is 0.0280. The third-order valence-corrected chi connectivity index (χ3v) is 5.12. The molecule has 2 aromatic carbocycles. The smallest absolute Gasteiger partial charge is 0.226 e. The summed E-state index contributed by atoms with van der Waals surface area (Å²) in [5.41, 5.74) is 1.90. The molecule has 0 amide bonds. The van der Waals surface area contributed by atoms with Crippen molar-refractivity contribution in [2.24, 2.45) is 0 Å². The highest BCUT2D eigenvalue weighted by molar-refractivity contribution is 5.57. The highest BCUT2D eigenvalue weighted by Crippen LogP contribution is 2.28. The lowest BCUT2D eigenvalue weighted by Crippen LogP contribution is -2.38. The van der Waals surface area contributed by atoms with Crippen molar-refractivity contribution in [3.63, 3.8) is 0 Å². The Labute approximate surface area is 165 Å². The number of hydrogen-bond donors (Lipinski definition) is 0. The number of para-hydroxylation sites is 1. The van der Waals surface area contributed by atoms with Crippen LogP contribution in [0.25, 0.3) is 11.5 Å². The minimum Gasteiger partial charge on any atom is -0.457 e. The first kappa shape index (κ1) is 18.7. The summed E-state index contributed by atoms with van der Waals surface area (Å²) in [6.07, 6.45) is 2.60. The average Bonchev–Trinajstić information content (AvgIpc) is 3.09. The molecule has 0 spiro atoms. The van der Waals surface area contributed by atoms with Crippen molar-refractivity contribution in [3.05, 3.63) is 66.1 Å². The summed E-state index contributed by atoms with van der Waals surface area (Å²) >= 11 is 0. The van der Waals surface area contributed by atoms with E-state index in [1.165, 1.54) is 0 Å². The van der Waals surface area contributed by atoms with E-state index < -0.39 is 0 Å². The second-order valence-corrected chi connectivity index (χ2v) is 7.20. The Balaban J connectivity index is 1.49. The molecule has 146 valence electrons. The SMILES string of the molecule is COC1CCCN(Cc2nc(-c3cccc(Oc4ccccc4)c3)oc2C)C1. The molecule has 0 saturated carbocycles. The molecule has 5 nitrogen and oxygen atoms in total. The molecule has 0 bridgehead atoms. The van der Waals surface area contributed by atoms with Crippen LogP contribution in [0.4, 0.5) is 0 Å². The van der Waals surface area contributed by atoms with Gasteiger partial charge in [0.05, 0.1) is 11.8 Å². The van der Waals surface area contributed by atoms with Crippen molar-refractivity contribution < 1.29 is 13.9 Å². The largest absolute Gasteiger partial charge is 0.457 e. The van der Waals surface area contributed by atoms with Gasteiger partial charge in [-0.3, -0.25) is 4.90 Å². The number of aryl methyl sites for hydroxylation is 1. The van der Waals surface area contributed by atoms with Crippen LogP contribution in [0, 0.1) is 6.92 Å². The van der Waals surface area contributed by atoms with Crippen molar-refractivity contribution in [3.8, 4) is 23.0 Å². The summed E-state index contributed by atoms with van der Waals surface area (Å²) in [6.45, 7) is 4.78. The Kier molecular flexibility index (Phi) is 5.74. The topological polar surface area (TPSA) is 47.7 Å². The fourth-order valence-electron chi connectivity index (χ4n) is 3.58. The van der Waals surface area contributed by atoms with E-state index in [1.807, 2.05) is 61.5 Å². The van der Waals surface area contributed by atoms with E-state index in [9.17, 15) is 0 Å². The highest BCUT2D eigenvalue weighted by Gasteiger charge is 2.22. The van der Waals surface area contributed by atoms with E-state index >= 15 is 0 Å². The molecule has 0 aliphatic carbocycles. The van der Waals surface area contributed by atoms with Gasteiger partial charge in [-0.2, -0.15) is 0 Å². The summed E-state index contributed by atoms with van der Waals surface area (Å²) in [4.78, 5) is 7.16. The van der Waals surface area contributed by atoms with Gasteiger partial charge in [-0.25, -0.2) is 4.98 Å². The minimum absolute atomic E-state index is 0.312. The van der Waals surface area contributed by atoms with E-state index in [-0.39, 0.29) is 0 Å². The van der Waals surface area contributed by atoms with Crippen molar-refractivity contribution >= 4 is 0 Å². The molecule has 1 atom stereocenters. The molecule has 1 aromatic heterocycles. The van der Waals surface area contributed by atoms with Crippen LogP contribution in [0.2, 0.25) is 0 Å². The van der Waals surface area contributed by atoms with Crippen LogP contribution in [0.1, 0.15) is 24.3 Å². The van der Waals surface area contributed by atoms with E-state index in [0.717, 1.165) is 61.0 Å². The van der Waals surface area contributed by atoms with Crippen LogP contribution < -0.4 is 4.74 Å². The fourth-order valence-corrected chi connectivity index (χ4v) is 3.58. The molecule has 0 radical (unpaired) electrons. The Morgan fingerprint density at radius 2 is 1.93 bits per heavy atom. The summed E-state index contributed by atoms with van der Waals surface area (Å²) < 4.78 is 17.4. The van der Waals surface area contributed by atoms with Gasteiger partial charge in [0.15, 0.2) is 0 Å². The number of aromatic nitrogens is 1. The van der Waals surface area contributed by atoms with E-state index in [0.29, 0.717) is 12.0 Å². The van der Waals surface area contributed by atoms with Crippen LogP contribution in [-0.4, -0.2) is 36.2 Å². The number of rotatable bonds is 6. The van der Waals surface area contributed by atoms with Gasteiger partial charge in [0.25, 0.3) is 0 Å². The zero-order valence-electron chi connectivity index (χ0n) is 16.4. The van der Waals surface area contributed by atoms with Gasteiger partial charge in [0.2, 0.25) is 5.89 Å². The summed E-state index contributed by atoms with van der Waals surface area (Å²) in [6, 6.07) is 17.6. The quantitative estimate of drug-likeness (QED) is 0.600. The van der Waals surface area contributed by atoms with Gasteiger partial charge in [0, 0.05) is 25.8 Å². The molecule has 5 heteroatoms. The van der Waals surface area contributed by atoms with Crippen LogP contribution in [0.3, 0.4) is 0 Å². The molecule has 2 heterocycles. The molecule has 0 N–H and O–H groups in total. The molecule has 4 rings (SSSR count). The third-order valence-electron chi connectivity index (χ3n) is 5.12. The van der Waals surface area contributed by atoms with Crippen molar-refractivity contribution in [2.75, 3.05) is 20.2 Å². The molecular formula is C23H26N2O3. The fraction of sp³-hybridized carbons (Fsp3) is 0.348. The monoisotopic (exact) mass is 378 g/mol. The Morgan fingerprint density at radius 1 is 1.11 bits per heavy atom. The summed E-state index contributed by atoms with van der Waals surface area (Å²) in [5, 5.41) is 0. The first-order chi connectivity index (χ1) is 13.7. The van der Waals surface area contributed by atoms with E-state index in [4.69, 9.17) is 18.9 Å². The number of nitrogens with zero attached hydrogens (tertiary/aromatic N) is 2. The molecule has 1 aliphatic rings. The molecular weight excluding hydrogens is 352 g/mol. The van der Waals surface area contributed by atoms with Gasteiger partial charge >= 0.3 is 0 Å². The first-order valence-corrected chi connectivity index (χ1v) is 9.76. The van der Waals surface area contributed by atoms with Crippen LogP contribution in [-0.2, 0) is 11.3 Å². The van der Waals surface area contributed by atoms with Gasteiger partial charge in [-0.1, -0.05) is 24.3 Å². The van der Waals surface area contributed by atoms with Gasteiger partial charge < -0.3 is 13.9 Å². The second-order valence-electron chi connectivity index (χ2n) is 7.20. The number of methoxy groups -OCH3 is 1. The number of piperidine rings is 1. The van der Waals surface area contributed by atoms with Crippen molar-refractivity contribution in [2.45, 2.75) is 32.4 Å². The van der Waals surface area contributed by atoms with Crippen molar-refractivity contribution in [1.29, 1.82) is 0 Å². The molecule has 1 unspecified atom stereocenters. The van der Waals surface area contributed by atoms with Gasteiger partial charge in [0.1, 0.15) is 17.3 Å². The number of oxazole rings is 1. The molecule has 3 aromatic rings. The predicted molar refractivity (Wildman–Crippen MR) is 109 cm³/mol. The number of benzene rings is 2. The standard InChI is InChI=1S/C23H26N2O3/c1-17-22(16-25-13-7-12-21(15-25)26-2)24-23(27-17)18-8-6-11-20(14-18)28-19-9-4-3-5-10-19/h3-6,8-11,14,21H,7,12-13,15-16H2,1-2H3. The maximum Gasteiger partial charge on any atom is 0.226 e. The number of ether oxygens (including phenoxy) is 2. The summed E-state index contributed by atoms with van der Waals surface area (Å²) in [7, 11) is 1.79. The lowest BCUT2D eigenvalue weighted by Gasteiger charge is -2.31. The molecule has 28 heavy (non-hydrogen) atoms. The van der Waals surface area contributed by atoms with Crippen LogP contribution in [0.5, 0.6) is 11.5 Å². The highest BCUT2D eigenvalue weighted by atomic mass is 16.5. The van der Waals surface area contributed by atoms with Crippen LogP contribution >= 0.6 is 0 Å². The zero-order valence-corrected chi connectivity index (χ0v) is 16.4. The number of hydrogen-bond acceptors (Lipinski definition) is 5. The van der Waals surface area contributed by atoms with Crippen LogP contribution in [0.15, 0.2) is 59.0 Å². The van der Waals surface area contributed by atoms with E-state index in [2.05, 4.69) is 4.90 Å². The molecule has 1 aliphatic heterocycles. The number of likely N-dealkylation sites (tertiary alicyclic amines) is 1. The minimum atomic E-state index is 0.312. The normalized spacial score (nSPS) is 17.6. The average molecular weight is 378 g/mol. The van der Waals surface area contributed by atoms with Crippen molar-refractivity contribution in [1.82, 2.24) is 9.88 Å². The van der Waals surface area contributed by atoms with Gasteiger partial charge in [-0.15, -0.1) is 0 Å². The Bertz CT molecular complexity index is 907. The first-order valence-electron chi connectivity index (χ1n) is 9.76. The Hall–Kier alpha value is -2.63. The third kappa shape index (κ3) is 4.43.